The number of carbonyl (C=O) groups excluding carboxylic acids is 1. The number of nitrogens with one attached hydrogen (secondary N) is 1. The molecule has 1 aromatic carbocycles. The van der Waals surface area contributed by atoms with Gasteiger partial charge in [0.2, 0.25) is 0 Å². The Morgan fingerprint density at radius 1 is 1.25 bits per heavy atom. The van der Waals surface area contributed by atoms with Gasteiger partial charge in [0.1, 0.15) is 11.2 Å². The van der Waals surface area contributed by atoms with Crippen LogP contribution in [0.3, 0.4) is 0 Å². The van der Waals surface area contributed by atoms with E-state index in [2.05, 4.69) is 5.32 Å². The normalized spacial score (nSPS) is 19.5. The second-order valence-corrected chi connectivity index (χ2v) is 7.33. The van der Waals surface area contributed by atoms with Crippen LogP contribution in [0.2, 0.25) is 0 Å². The molecular weight excluding hydrogens is 326 g/mol. The molecule has 1 aliphatic heterocycles. The minimum Gasteiger partial charge on any atom is -0.352 e. The van der Waals surface area contributed by atoms with E-state index in [-0.39, 0.29) is 17.8 Å². The summed E-state index contributed by atoms with van der Waals surface area (Å²) in [5.74, 6) is 0.0338. The first-order valence-corrected chi connectivity index (χ1v) is 8.80. The first kappa shape index (κ1) is 15.1. The van der Waals surface area contributed by atoms with Crippen molar-refractivity contribution in [3.8, 4) is 0 Å². The number of hydrogen-bond acceptors (Lipinski definition) is 5. The molecule has 2 heterocycles. The summed E-state index contributed by atoms with van der Waals surface area (Å²) >= 11 is 1.68. The minimum atomic E-state index is -0.418. The molecule has 1 aliphatic carbocycles. The molecule has 0 saturated carbocycles. The SMILES string of the molecule is CN1C(=O)c2c(sc3c2CCCC3)NC1c1ccc([N+](=O)[O-])cc1. The second-order valence-electron chi connectivity index (χ2n) is 6.23. The van der Waals surface area contributed by atoms with Crippen molar-refractivity contribution in [3.05, 3.63) is 55.9 Å². The molecule has 2 aromatic rings. The van der Waals surface area contributed by atoms with Gasteiger partial charge in [-0.1, -0.05) is 0 Å². The molecule has 2 aliphatic rings. The van der Waals surface area contributed by atoms with Gasteiger partial charge < -0.3 is 10.2 Å². The molecule has 4 rings (SSSR count). The number of nitro groups is 1. The number of thiophene rings is 1. The Labute approximate surface area is 143 Å². The summed E-state index contributed by atoms with van der Waals surface area (Å²) in [6, 6.07) is 6.37. The number of rotatable bonds is 2. The summed E-state index contributed by atoms with van der Waals surface area (Å²) in [4.78, 5) is 26.3. The van der Waals surface area contributed by atoms with Gasteiger partial charge in [0.05, 0.1) is 10.5 Å². The predicted molar refractivity (Wildman–Crippen MR) is 92.5 cm³/mol. The van der Waals surface area contributed by atoms with E-state index in [0.717, 1.165) is 35.4 Å². The van der Waals surface area contributed by atoms with Crippen LogP contribution in [0, 0.1) is 10.1 Å². The molecule has 1 aromatic heterocycles. The van der Waals surface area contributed by atoms with E-state index in [9.17, 15) is 14.9 Å². The third kappa shape index (κ3) is 2.27. The highest BCUT2D eigenvalue weighted by molar-refractivity contribution is 7.16. The lowest BCUT2D eigenvalue weighted by Gasteiger charge is -2.34. The quantitative estimate of drug-likeness (QED) is 0.666. The zero-order chi connectivity index (χ0) is 16.8. The van der Waals surface area contributed by atoms with Gasteiger partial charge in [0, 0.05) is 24.1 Å². The first-order chi connectivity index (χ1) is 11.6. The first-order valence-electron chi connectivity index (χ1n) is 7.99. The lowest BCUT2D eigenvalue weighted by Crippen LogP contribution is -2.40. The molecule has 1 atom stereocenters. The van der Waals surface area contributed by atoms with Crippen LogP contribution in [0.5, 0.6) is 0 Å². The molecule has 0 bridgehead atoms. The van der Waals surface area contributed by atoms with Crippen LogP contribution >= 0.6 is 11.3 Å². The van der Waals surface area contributed by atoms with Gasteiger partial charge in [0.15, 0.2) is 0 Å². The monoisotopic (exact) mass is 343 g/mol. The van der Waals surface area contributed by atoms with Gasteiger partial charge in [-0.15, -0.1) is 11.3 Å². The van der Waals surface area contributed by atoms with E-state index in [1.54, 1.807) is 35.4 Å². The van der Waals surface area contributed by atoms with Gasteiger partial charge in [-0.05, 0) is 48.9 Å². The topological polar surface area (TPSA) is 75.5 Å². The maximum Gasteiger partial charge on any atom is 0.269 e. The Kier molecular flexibility index (Phi) is 3.53. The Morgan fingerprint density at radius 3 is 2.67 bits per heavy atom. The summed E-state index contributed by atoms with van der Waals surface area (Å²) < 4.78 is 0. The van der Waals surface area contributed by atoms with Gasteiger partial charge in [-0.3, -0.25) is 14.9 Å². The molecule has 0 fully saturated rings. The van der Waals surface area contributed by atoms with E-state index < -0.39 is 4.92 Å². The van der Waals surface area contributed by atoms with Gasteiger partial charge in [-0.25, -0.2) is 0 Å². The smallest absolute Gasteiger partial charge is 0.269 e. The van der Waals surface area contributed by atoms with E-state index in [4.69, 9.17) is 0 Å². The highest BCUT2D eigenvalue weighted by Gasteiger charge is 2.35. The van der Waals surface area contributed by atoms with Gasteiger partial charge in [0.25, 0.3) is 11.6 Å². The number of nitro benzene ring substituents is 1. The van der Waals surface area contributed by atoms with Crippen LogP contribution in [0.15, 0.2) is 24.3 Å². The molecule has 1 amide bonds. The zero-order valence-electron chi connectivity index (χ0n) is 13.2. The van der Waals surface area contributed by atoms with E-state index >= 15 is 0 Å². The average Bonchev–Trinajstić information content (AvgIpc) is 2.96. The molecular formula is C17H17N3O3S. The lowest BCUT2D eigenvalue weighted by molar-refractivity contribution is -0.384. The molecule has 0 radical (unpaired) electrons. The maximum absolute atomic E-state index is 12.9. The largest absolute Gasteiger partial charge is 0.352 e. The molecule has 124 valence electrons. The predicted octanol–water partition coefficient (Wildman–Crippen LogP) is 3.73. The van der Waals surface area contributed by atoms with Crippen molar-refractivity contribution in [2.24, 2.45) is 0 Å². The van der Waals surface area contributed by atoms with Crippen molar-refractivity contribution in [1.29, 1.82) is 0 Å². The summed E-state index contributed by atoms with van der Waals surface area (Å²) in [7, 11) is 1.78. The van der Waals surface area contributed by atoms with Crippen LogP contribution in [-0.4, -0.2) is 22.8 Å². The molecule has 1 N–H and O–H groups in total. The number of hydrogen-bond donors (Lipinski definition) is 1. The average molecular weight is 343 g/mol. The number of carbonyl (C=O) groups is 1. The zero-order valence-corrected chi connectivity index (χ0v) is 14.1. The van der Waals surface area contributed by atoms with E-state index in [0.29, 0.717) is 0 Å². The maximum atomic E-state index is 12.9. The minimum absolute atomic E-state index is 0.0338. The number of amides is 1. The highest BCUT2D eigenvalue weighted by atomic mass is 32.1. The van der Waals surface area contributed by atoms with Crippen LogP contribution in [0.4, 0.5) is 10.7 Å². The highest BCUT2D eigenvalue weighted by Crippen LogP contribution is 2.43. The fraction of sp³-hybridized carbons (Fsp3) is 0.353. The second kappa shape index (κ2) is 5.59. The Morgan fingerprint density at radius 2 is 1.96 bits per heavy atom. The Bertz CT molecular complexity index is 828. The van der Waals surface area contributed by atoms with Crippen molar-refractivity contribution >= 4 is 27.9 Å². The lowest BCUT2D eigenvalue weighted by atomic mass is 9.94. The van der Waals surface area contributed by atoms with E-state index in [1.807, 2.05) is 0 Å². The van der Waals surface area contributed by atoms with Gasteiger partial charge >= 0.3 is 0 Å². The summed E-state index contributed by atoms with van der Waals surface area (Å²) in [6.07, 6.45) is 4.05. The number of anilines is 1. The Balaban J connectivity index is 1.71. The molecule has 0 spiro atoms. The molecule has 24 heavy (non-hydrogen) atoms. The van der Waals surface area contributed by atoms with Crippen molar-refractivity contribution in [3.63, 3.8) is 0 Å². The Hall–Kier alpha value is -2.41. The van der Waals surface area contributed by atoms with Gasteiger partial charge in [-0.2, -0.15) is 0 Å². The number of aryl methyl sites for hydroxylation is 1. The summed E-state index contributed by atoms with van der Waals surface area (Å²) in [5, 5.41) is 15.2. The fourth-order valence-corrected chi connectivity index (χ4v) is 4.80. The fourth-order valence-electron chi connectivity index (χ4n) is 3.49. The standard InChI is InChI=1S/C17H17N3O3S/c1-19-15(10-6-8-11(9-7-10)20(22)23)18-16-14(17(19)21)12-4-2-3-5-13(12)24-16/h6-9,15,18H,2-5H2,1H3. The molecule has 7 heteroatoms. The molecule has 6 nitrogen and oxygen atoms in total. The molecule has 0 saturated heterocycles. The summed E-state index contributed by atoms with van der Waals surface area (Å²) in [5.41, 5.74) is 2.94. The third-order valence-corrected chi connectivity index (χ3v) is 6.00. The molecule has 1 unspecified atom stereocenters. The van der Waals surface area contributed by atoms with Crippen LogP contribution < -0.4 is 5.32 Å². The van der Waals surface area contributed by atoms with Crippen molar-refractivity contribution in [2.75, 3.05) is 12.4 Å². The number of non-ortho nitro benzene ring substituents is 1. The van der Waals surface area contributed by atoms with Crippen molar-refractivity contribution in [2.45, 2.75) is 31.8 Å². The van der Waals surface area contributed by atoms with Crippen LogP contribution in [0.1, 0.15) is 45.4 Å². The number of fused-ring (bicyclic) bond motifs is 3. The number of nitrogens with zero attached hydrogens (tertiary/aromatic N) is 2. The third-order valence-electron chi connectivity index (χ3n) is 4.78. The van der Waals surface area contributed by atoms with E-state index in [1.165, 1.54) is 29.0 Å². The van der Waals surface area contributed by atoms with Crippen molar-refractivity contribution < 1.29 is 9.72 Å². The summed E-state index contributed by atoms with van der Waals surface area (Å²) in [6.45, 7) is 0. The van der Waals surface area contributed by atoms with Crippen LogP contribution in [-0.2, 0) is 12.8 Å². The van der Waals surface area contributed by atoms with Crippen LogP contribution in [0.25, 0.3) is 0 Å². The van der Waals surface area contributed by atoms with Crippen molar-refractivity contribution in [1.82, 2.24) is 4.90 Å². The number of benzene rings is 1.